The number of rotatable bonds is 4. The summed E-state index contributed by atoms with van der Waals surface area (Å²) in [6.07, 6.45) is 4.06. The van der Waals surface area contributed by atoms with Gasteiger partial charge in [0.1, 0.15) is 0 Å². The van der Waals surface area contributed by atoms with Crippen molar-refractivity contribution in [2.45, 2.75) is 6.42 Å². The molecule has 2 aromatic rings. The van der Waals surface area contributed by atoms with Crippen molar-refractivity contribution in [1.82, 2.24) is 9.97 Å². The molecule has 1 heterocycles. The molecule has 0 fully saturated rings. The van der Waals surface area contributed by atoms with Gasteiger partial charge in [0.15, 0.2) is 0 Å². The van der Waals surface area contributed by atoms with E-state index in [0.717, 1.165) is 12.0 Å². The lowest BCUT2D eigenvalue weighted by atomic mass is 10.1. The zero-order valence-electron chi connectivity index (χ0n) is 9.31. The van der Waals surface area contributed by atoms with Gasteiger partial charge in [0.25, 0.3) is 5.91 Å². The first kappa shape index (κ1) is 11.3. The molecule has 0 aliphatic heterocycles. The molecule has 0 radical (unpaired) electrons. The van der Waals surface area contributed by atoms with E-state index in [0.29, 0.717) is 18.1 Å². The van der Waals surface area contributed by atoms with Gasteiger partial charge < -0.3 is 10.7 Å². The predicted molar refractivity (Wildman–Crippen MR) is 65.7 cm³/mol. The van der Waals surface area contributed by atoms with Gasteiger partial charge >= 0.3 is 0 Å². The number of nitrogens with one attached hydrogen (secondary N) is 2. The van der Waals surface area contributed by atoms with E-state index in [1.165, 1.54) is 0 Å². The lowest BCUT2D eigenvalue weighted by molar-refractivity contribution is 0.102. The molecule has 2 rings (SSSR count). The van der Waals surface area contributed by atoms with E-state index >= 15 is 0 Å². The third kappa shape index (κ3) is 2.92. The van der Waals surface area contributed by atoms with Crippen LogP contribution in [0.15, 0.2) is 36.7 Å². The molecule has 0 atom stereocenters. The molecule has 4 N–H and O–H groups in total. The molecule has 1 aromatic carbocycles. The van der Waals surface area contributed by atoms with Crippen LogP contribution in [-0.4, -0.2) is 22.4 Å². The number of benzene rings is 1. The van der Waals surface area contributed by atoms with Gasteiger partial charge in [-0.25, -0.2) is 4.98 Å². The van der Waals surface area contributed by atoms with Gasteiger partial charge in [0.2, 0.25) is 5.95 Å². The number of aromatic nitrogens is 2. The van der Waals surface area contributed by atoms with Crippen LogP contribution in [0.3, 0.4) is 0 Å². The molecule has 5 nitrogen and oxygen atoms in total. The first-order valence-corrected chi connectivity index (χ1v) is 5.39. The molecule has 0 saturated heterocycles. The van der Waals surface area contributed by atoms with Crippen LogP contribution < -0.4 is 11.1 Å². The summed E-state index contributed by atoms with van der Waals surface area (Å²) in [7, 11) is 0. The SMILES string of the molecule is NCCc1ccc(C(=O)Nc2ncc[nH]2)cc1. The Bertz CT molecular complexity index is 476. The first-order valence-electron chi connectivity index (χ1n) is 5.39. The quantitative estimate of drug-likeness (QED) is 0.737. The highest BCUT2D eigenvalue weighted by molar-refractivity contribution is 6.03. The van der Waals surface area contributed by atoms with E-state index in [4.69, 9.17) is 5.73 Å². The summed E-state index contributed by atoms with van der Waals surface area (Å²) >= 11 is 0. The van der Waals surface area contributed by atoms with Crippen LogP contribution in [0.4, 0.5) is 5.95 Å². The van der Waals surface area contributed by atoms with Crippen molar-refractivity contribution in [1.29, 1.82) is 0 Å². The van der Waals surface area contributed by atoms with Crippen LogP contribution in [0.5, 0.6) is 0 Å². The summed E-state index contributed by atoms with van der Waals surface area (Å²) < 4.78 is 0. The summed E-state index contributed by atoms with van der Waals surface area (Å²) in [5.41, 5.74) is 7.18. The van der Waals surface area contributed by atoms with Crippen LogP contribution in [0, 0.1) is 0 Å². The number of hydrogen-bond acceptors (Lipinski definition) is 3. The lowest BCUT2D eigenvalue weighted by Crippen LogP contribution is -2.13. The van der Waals surface area contributed by atoms with E-state index < -0.39 is 0 Å². The van der Waals surface area contributed by atoms with Crippen molar-refractivity contribution >= 4 is 11.9 Å². The van der Waals surface area contributed by atoms with E-state index in [1.54, 1.807) is 24.5 Å². The van der Waals surface area contributed by atoms with Crippen molar-refractivity contribution in [3.05, 3.63) is 47.8 Å². The molecule has 88 valence electrons. The average Bonchev–Trinajstić information content (AvgIpc) is 2.83. The van der Waals surface area contributed by atoms with Crippen LogP contribution in [-0.2, 0) is 6.42 Å². The molecular formula is C12H14N4O. The smallest absolute Gasteiger partial charge is 0.257 e. The monoisotopic (exact) mass is 230 g/mol. The van der Waals surface area contributed by atoms with Gasteiger partial charge in [-0.3, -0.25) is 10.1 Å². The number of hydrogen-bond donors (Lipinski definition) is 3. The van der Waals surface area contributed by atoms with Crippen molar-refractivity contribution in [2.24, 2.45) is 5.73 Å². The van der Waals surface area contributed by atoms with Crippen LogP contribution in [0.1, 0.15) is 15.9 Å². The Hall–Kier alpha value is -2.14. The zero-order valence-corrected chi connectivity index (χ0v) is 9.31. The number of carbonyl (C=O) groups excluding carboxylic acids is 1. The Morgan fingerprint density at radius 1 is 1.35 bits per heavy atom. The summed E-state index contributed by atoms with van der Waals surface area (Å²) in [6.45, 7) is 0.609. The molecule has 0 bridgehead atoms. The van der Waals surface area contributed by atoms with Gasteiger partial charge in [-0.15, -0.1) is 0 Å². The molecule has 1 aromatic heterocycles. The molecule has 17 heavy (non-hydrogen) atoms. The number of imidazole rings is 1. The molecule has 1 amide bonds. The highest BCUT2D eigenvalue weighted by Gasteiger charge is 2.06. The summed E-state index contributed by atoms with van der Waals surface area (Å²) in [6, 6.07) is 7.38. The number of aromatic amines is 1. The fourth-order valence-electron chi connectivity index (χ4n) is 1.50. The van der Waals surface area contributed by atoms with E-state index in [1.807, 2.05) is 12.1 Å². The Balaban J connectivity index is 2.04. The number of nitrogens with zero attached hydrogens (tertiary/aromatic N) is 1. The van der Waals surface area contributed by atoms with Gasteiger partial charge in [0.05, 0.1) is 0 Å². The number of amides is 1. The van der Waals surface area contributed by atoms with Crippen molar-refractivity contribution in [3.63, 3.8) is 0 Å². The molecule has 0 aliphatic rings. The molecular weight excluding hydrogens is 216 g/mol. The van der Waals surface area contributed by atoms with Crippen LogP contribution >= 0.6 is 0 Å². The van der Waals surface area contributed by atoms with Crippen LogP contribution in [0.2, 0.25) is 0 Å². The third-order valence-electron chi connectivity index (χ3n) is 2.38. The zero-order chi connectivity index (χ0) is 12.1. The topological polar surface area (TPSA) is 83.8 Å². The van der Waals surface area contributed by atoms with Gasteiger partial charge in [-0.05, 0) is 30.7 Å². The number of anilines is 1. The van der Waals surface area contributed by atoms with Gasteiger partial charge in [-0.1, -0.05) is 12.1 Å². The highest BCUT2D eigenvalue weighted by atomic mass is 16.1. The average molecular weight is 230 g/mol. The Morgan fingerprint density at radius 2 is 2.12 bits per heavy atom. The van der Waals surface area contributed by atoms with Gasteiger partial charge in [0, 0.05) is 18.0 Å². The summed E-state index contributed by atoms with van der Waals surface area (Å²) in [4.78, 5) is 18.5. The number of H-pyrrole nitrogens is 1. The molecule has 0 aliphatic carbocycles. The molecule has 5 heteroatoms. The number of carbonyl (C=O) groups is 1. The van der Waals surface area contributed by atoms with Crippen molar-refractivity contribution < 1.29 is 4.79 Å². The summed E-state index contributed by atoms with van der Waals surface area (Å²) in [5, 5.41) is 2.66. The highest BCUT2D eigenvalue weighted by Crippen LogP contribution is 2.07. The number of nitrogens with two attached hydrogens (primary N) is 1. The lowest BCUT2D eigenvalue weighted by Gasteiger charge is -2.03. The maximum absolute atomic E-state index is 11.8. The minimum absolute atomic E-state index is 0.181. The second-order valence-corrected chi connectivity index (χ2v) is 3.63. The maximum atomic E-state index is 11.8. The predicted octanol–water partition coefficient (Wildman–Crippen LogP) is 1.16. The van der Waals surface area contributed by atoms with E-state index in [9.17, 15) is 4.79 Å². The van der Waals surface area contributed by atoms with Gasteiger partial charge in [-0.2, -0.15) is 0 Å². The molecule has 0 spiro atoms. The maximum Gasteiger partial charge on any atom is 0.257 e. The van der Waals surface area contributed by atoms with Crippen molar-refractivity contribution in [3.8, 4) is 0 Å². The normalized spacial score (nSPS) is 10.2. The fraction of sp³-hybridized carbons (Fsp3) is 0.167. The first-order chi connectivity index (χ1) is 8.29. The Morgan fingerprint density at radius 3 is 2.71 bits per heavy atom. The minimum atomic E-state index is -0.181. The Kier molecular flexibility index (Phi) is 3.52. The molecule has 0 unspecified atom stereocenters. The van der Waals surface area contributed by atoms with E-state index in [-0.39, 0.29) is 5.91 Å². The molecule has 0 saturated carbocycles. The fourth-order valence-corrected chi connectivity index (χ4v) is 1.50. The van der Waals surface area contributed by atoms with Crippen molar-refractivity contribution in [2.75, 3.05) is 11.9 Å². The Labute approximate surface area is 99.1 Å². The standard InChI is InChI=1S/C12H14N4O/c13-6-5-9-1-3-10(4-2-9)11(17)16-12-14-7-8-15-12/h1-4,7-8H,5-6,13H2,(H2,14,15,16,17). The second kappa shape index (κ2) is 5.27. The summed E-state index contributed by atoms with van der Waals surface area (Å²) in [5.74, 6) is 0.264. The second-order valence-electron chi connectivity index (χ2n) is 3.63. The minimum Gasteiger partial charge on any atom is -0.331 e. The third-order valence-corrected chi connectivity index (χ3v) is 2.38. The van der Waals surface area contributed by atoms with E-state index in [2.05, 4.69) is 15.3 Å². The largest absolute Gasteiger partial charge is 0.331 e. The van der Waals surface area contributed by atoms with Crippen LogP contribution in [0.25, 0.3) is 0 Å².